The Hall–Kier alpha value is -0.330. The van der Waals surface area contributed by atoms with Crippen molar-refractivity contribution in [2.75, 3.05) is 4.43 Å². The molecule has 0 heterocycles. The minimum absolute atomic E-state index is 0.228. The lowest BCUT2D eigenvalue weighted by molar-refractivity contribution is -0.313. The Kier molecular flexibility index (Phi) is 4.64. The first-order valence-electron chi connectivity index (χ1n) is 4.59. The maximum Gasteiger partial charge on any atom is 0.316 e. The van der Waals surface area contributed by atoms with Crippen LogP contribution in [0.25, 0.3) is 0 Å². The first-order valence-corrected chi connectivity index (χ1v) is 6.12. The second kappa shape index (κ2) is 5.53. The van der Waals surface area contributed by atoms with Crippen LogP contribution >= 0.6 is 22.6 Å². The van der Waals surface area contributed by atoms with E-state index in [9.17, 15) is 14.7 Å². The second-order valence-corrected chi connectivity index (χ2v) is 4.19. The summed E-state index contributed by atoms with van der Waals surface area (Å²) in [6.07, 6.45) is 2.38. The number of carboxylic acids is 1. The fourth-order valence-electron chi connectivity index (χ4n) is 1.68. The highest BCUT2D eigenvalue weighted by Crippen LogP contribution is 2.26. The molecule has 2 atom stereocenters. The zero-order valence-corrected chi connectivity index (χ0v) is 9.86. The van der Waals surface area contributed by atoms with E-state index in [4.69, 9.17) is 4.74 Å². The summed E-state index contributed by atoms with van der Waals surface area (Å²) in [6, 6.07) is 0. The topological polar surface area (TPSA) is 66.4 Å². The Balaban J connectivity index is 2.40. The van der Waals surface area contributed by atoms with Gasteiger partial charge in [-0.05, 0) is 25.7 Å². The third kappa shape index (κ3) is 3.43. The first kappa shape index (κ1) is 11.7. The van der Waals surface area contributed by atoms with Crippen molar-refractivity contribution in [2.45, 2.75) is 31.8 Å². The number of carbonyl (C=O) groups excluding carboxylic acids is 2. The Labute approximate surface area is 96.1 Å². The number of alkyl halides is 1. The number of esters is 1. The van der Waals surface area contributed by atoms with Gasteiger partial charge in [-0.2, -0.15) is 0 Å². The lowest BCUT2D eigenvalue weighted by Crippen LogP contribution is -2.37. The molecule has 0 aromatic rings. The molecule has 0 N–H and O–H groups in total. The van der Waals surface area contributed by atoms with Crippen molar-refractivity contribution in [1.82, 2.24) is 0 Å². The summed E-state index contributed by atoms with van der Waals surface area (Å²) < 4.78 is 5.39. The summed E-state index contributed by atoms with van der Waals surface area (Å²) in [4.78, 5) is 21.6. The highest BCUT2D eigenvalue weighted by atomic mass is 127. The van der Waals surface area contributed by atoms with Crippen molar-refractivity contribution in [1.29, 1.82) is 0 Å². The molecule has 0 aromatic carbocycles. The summed E-state index contributed by atoms with van der Waals surface area (Å²) in [5.41, 5.74) is 0. The number of ether oxygens (including phenoxy) is 1. The van der Waals surface area contributed by atoms with Crippen LogP contribution in [0.2, 0.25) is 0 Å². The van der Waals surface area contributed by atoms with Crippen LogP contribution in [0.15, 0.2) is 0 Å². The van der Waals surface area contributed by atoms with Gasteiger partial charge < -0.3 is 14.6 Å². The molecule has 14 heavy (non-hydrogen) atoms. The summed E-state index contributed by atoms with van der Waals surface area (Å²) in [5, 5.41) is 10.6. The fraction of sp³-hybridized carbons (Fsp3) is 0.778. The summed E-state index contributed by atoms with van der Waals surface area (Å²) in [7, 11) is 0. The Morgan fingerprint density at radius 2 is 2.14 bits per heavy atom. The SMILES string of the molecule is O=C(CI)OC1CCCC(C(=O)[O-])C1. The molecule has 1 rings (SSSR count). The zero-order chi connectivity index (χ0) is 10.6. The maximum absolute atomic E-state index is 11.0. The number of carbonyl (C=O) groups is 2. The molecule has 1 aliphatic carbocycles. The second-order valence-electron chi connectivity index (χ2n) is 3.43. The van der Waals surface area contributed by atoms with Crippen LogP contribution < -0.4 is 5.11 Å². The smallest absolute Gasteiger partial charge is 0.316 e. The van der Waals surface area contributed by atoms with Gasteiger partial charge in [-0.25, -0.2) is 0 Å². The van der Waals surface area contributed by atoms with Crippen molar-refractivity contribution in [3.8, 4) is 0 Å². The number of aliphatic carboxylic acids is 1. The van der Waals surface area contributed by atoms with Gasteiger partial charge in [-0.3, -0.25) is 4.79 Å². The van der Waals surface area contributed by atoms with E-state index in [1.165, 1.54) is 0 Å². The highest BCUT2D eigenvalue weighted by Gasteiger charge is 2.25. The third-order valence-corrected chi connectivity index (χ3v) is 2.99. The maximum atomic E-state index is 11.0. The molecular formula is C9H12IO4-. The molecule has 2 unspecified atom stereocenters. The Morgan fingerprint density at radius 1 is 1.43 bits per heavy atom. The van der Waals surface area contributed by atoms with Gasteiger partial charge in [0.05, 0.1) is 4.43 Å². The lowest BCUT2D eigenvalue weighted by Gasteiger charge is -2.29. The van der Waals surface area contributed by atoms with Crippen molar-refractivity contribution >= 4 is 34.5 Å². The van der Waals surface area contributed by atoms with Crippen LogP contribution in [0, 0.1) is 5.92 Å². The third-order valence-electron chi connectivity index (χ3n) is 2.37. The molecule has 0 bridgehead atoms. The van der Waals surface area contributed by atoms with Gasteiger partial charge in [-0.15, -0.1) is 0 Å². The van der Waals surface area contributed by atoms with Crippen molar-refractivity contribution in [3.05, 3.63) is 0 Å². The van der Waals surface area contributed by atoms with Crippen LogP contribution in [0.4, 0.5) is 0 Å². The van der Waals surface area contributed by atoms with Gasteiger partial charge >= 0.3 is 5.97 Å². The number of halogens is 1. The lowest BCUT2D eigenvalue weighted by atomic mass is 9.87. The highest BCUT2D eigenvalue weighted by molar-refractivity contribution is 14.1. The standard InChI is InChI=1S/C9H13IO4/c10-5-8(11)14-7-3-1-2-6(4-7)9(12)13/h6-7H,1-5H2,(H,12,13)/p-1. The van der Waals surface area contributed by atoms with Crippen LogP contribution in [0.5, 0.6) is 0 Å². The van der Waals surface area contributed by atoms with Gasteiger partial charge in [0.2, 0.25) is 0 Å². The Morgan fingerprint density at radius 3 is 2.71 bits per heavy atom. The molecule has 5 heteroatoms. The first-order chi connectivity index (χ1) is 6.63. The van der Waals surface area contributed by atoms with Crippen molar-refractivity contribution in [2.24, 2.45) is 5.92 Å². The number of hydrogen-bond acceptors (Lipinski definition) is 4. The molecule has 0 radical (unpaired) electrons. The van der Waals surface area contributed by atoms with Gasteiger partial charge in [-0.1, -0.05) is 22.6 Å². The number of hydrogen-bond donors (Lipinski definition) is 0. The molecule has 0 spiro atoms. The minimum atomic E-state index is -1.03. The van der Waals surface area contributed by atoms with Crippen LogP contribution in [-0.2, 0) is 14.3 Å². The van der Waals surface area contributed by atoms with Crippen molar-refractivity contribution in [3.63, 3.8) is 0 Å². The largest absolute Gasteiger partial charge is 0.550 e. The quantitative estimate of drug-likeness (QED) is 0.426. The van der Waals surface area contributed by atoms with E-state index in [0.29, 0.717) is 17.3 Å². The molecule has 0 amide bonds. The molecule has 0 aromatic heterocycles. The predicted octanol–water partition coefficient (Wildman–Crippen LogP) is 0.273. The van der Waals surface area contributed by atoms with Crippen LogP contribution in [0.3, 0.4) is 0 Å². The molecule has 4 nitrogen and oxygen atoms in total. The summed E-state index contributed by atoms with van der Waals surface area (Å²) in [5.74, 6) is -1.74. The van der Waals surface area contributed by atoms with Gasteiger partial charge in [0, 0.05) is 11.9 Å². The average Bonchev–Trinajstić information content (AvgIpc) is 2.18. The fourth-order valence-corrected chi connectivity index (χ4v) is 1.86. The van der Waals surface area contributed by atoms with E-state index in [-0.39, 0.29) is 12.1 Å². The predicted molar refractivity (Wildman–Crippen MR) is 55.7 cm³/mol. The van der Waals surface area contributed by atoms with E-state index in [1.807, 2.05) is 22.6 Å². The molecule has 1 aliphatic rings. The zero-order valence-electron chi connectivity index (χ0n) is 7.70. The van der Waals surface area contributed by atoms with E-state index in [0.717, 1.165) is 12.8 Å². The molecule has 1 saturated carbocycles. The van der Waals surface area contributed by atoms with E-state index in [1.54, 1.807) is 0 Å². The van der Waals surface area contributed by atoms with E-state index in [2.05, 4.69) is 0 Å². The Bertz CT molecular complexity index is 229. The summed E-state index contributed by atoms with van der Waals surface area (Å²) in [6.45, 7) is 0. The number of rotatable bonds is 3. The minimum Gasteiger partial charge on any atom is -0.550 e. The van der Waals surface area contributed by atoms with Gasteiger partial charge in [0.1, 0.15) is 6.10 Å². The molecule has 80 valence electrons. The molecule has 0 saturated heterocycles. The molecular weight excluding hydrogens is 299 g/mol. The van der Waals surface area contributed by atoms with Crippen molar-refractivity contribution < 1.29 is 19.4 Å². The average molecular weight is 311 g/mol. The van der Waals surface area contributed by atoms with Gasteiger partial charge in [0.25, 0.3) is 0 Å². The number of carboxylic acid groups (broad SMARTS) is 1. The summed E-state index contributed by atoms with van der Waals surface area (Å²) >= 11 is 1.93. The molecule has 1 fully saturated rings. The van der Waals surface area contributed by atoms with E-state index >= 15 is 0 Å². The normalized spacial score (nSPS) is 26.9. The van der Waals surface area contributed by atoms with Crippen LogP contribution in [-0.4, -0.2) is 22.5 Å². The monoisotopic (exact) mass is 311 g/mol. The van der Waals surface area contributed by atoms with Crippen LogP contribution in [0.1, 0.15) is 25.7 Å². The molecule has 0 aliphatic heterocycles. The van der Waals surface area contributed by atoms with E-state index < -0.39 is 11.9 Å². The van der Waals surface area contributed by atoms with Gasteiger partial charge in [0.15, 0.2) is 0 Å².